The molecule has 1 aliphatic rings. The van der Waals surface area contributed by atoms with Crippen molar-refractivity contribution in [3.63, 3.8) is 0 Å². The van der Waals surface area contributed by atoms with E-state index in [-0.39, 0.29) is 36.3 Å². The first-order valence-electron chi connectivity index (χ1n) is 8.64. The van der Waals surface area contributed by atoms with Crippen LogP contribution in [0.1, 0.15) is 39.5 Å². The van der Waals surface area contributed by atoms with Crippen LogP contribution in [0, 0.1) is 5.92 Å². The molecular weight excluding hydrogens is 443 g/mol. The van der Waals surface area contributed by atoms with E-state index in [1.54, 1.807) is 0 Å². The third-order valence-corrected chi connectivity index (χ3v) is 5.90. The summed E-state index contributed by atoms with van der Waals surface area (Å²) in [5, 5.41) is 15.5. The first-order chi connectivity index (χ1) is 11.0. The summed E-state index contributed by atoms with van der Waals surface area (Å²) in [6, 6.07) is 0. The van der Waals surface area contributed by atoms with Crippen LogP contribution in [0.3, 0.4) is 0 Å². The number of halogens is 1. The molecule has 1 aliphatic heterocycles. The van der Waals surface area contributed by atoms with Crippen LogP contribution < -0.4 is 10.6 Å². The molecule has 1 unspecified atom stereocenters. The van der Waals surface area contributed by atoms with Crippen LogP contribution in [0.4, 0.5) is 0 Å². The molecule has 7 nitrogen and oxygen atoms in total. The molecule has 0 aromatic heterocycles. The lowest BCUT2D eigenvalue weighted by molar-refractivity contribution is 0.253. The Bertz CT molecular complexity index is 454. The highest BCUT2D eigenvalue weighted by molar-refractivity contribution is 14.0. The maximum atomic E-state index is 11.8. The van der Waals surface area contributed by atoms with E-state index in [1.807, 2.05) is 6.92 Å². The second kappa shape index (κ2) is 13.1. The maximum absolute atomic E-state index is 11.8. The molecule has 9 heteroatoms. The number of hydrogen-bond donors (Lipinski definition) is 3. The Morgan fingerprint density at radius 1 is 1.29 bits per heavy atom. The zero-order chi connectivity index (χ0) is 17.1. The summed E-state index contributed by atoms with van der Waals surface area (Å²) in [5.74, 6) is 1.36. The van der Waals surface area contributed by atoms with Gasteiger partial charge in [0.05, 0.1) is 5.75 Å². The maximum Gasteiger partial charge on any atom is 0.214 e. The minimum absolute atomic E-state index is 0. The van der Waals surface area contributed by atoms with Crippen molar-refractivity contribution in [3.05, 3.63) is 0 Å². The monoisotopic (exact) mass is 476 g/mol. The fraction of sp³-hybridized carbons (Fsp3) is 0.933. The molecule has 0 spiro atoms. The molecule has 1 atom stereocenters. The molecule has 0 saturated carbocycles. The number of rotatable bonds is 10. The van der Waals surface area contributed by atoms with Gasteiger partial charge in [-0.2, -0.15) is 0 Å². The number of aliphatic hydroxyl groups is 1. The minimum Gasteiger partial charge on any atom is -0.396 e. The normalized spacial score (nSPS) is 18.9. The average molecular weight is 476 g/mol. The van der Waals surface area contributed by atoms with Gasteiger partial charge in [-0.3, -0.25) is 4.99 Å². The molecule has 0 aliphatic carbocycles. The van der Waals surface area contributed by atoms with E-state index in [2.05, 4.69) is 22.5 Å². The molecule has 0 aromatic rings. The van der Waals surface area contributed by atoms with Crippen LogP contribution in [-0.4, -0.2) is 68.9 Å². The van der Waals surface area contributed by atoms with Gasteiger partial charge < -0.3 is 15.7 Å². The molecule has 0 amide bonds. The third kappa shape index (κ3) is 8.82. The van der Waals surface area contributed by atoms with Gasteiger partial charge >= 0.3 is 0 Å². The molecule has 1 rings (SSSR count). The number of aliphatic hydroxyl groups excluding tert-OH is 1. The smallest absolute Gasteiger partial charge is 0.214 e. The summed E-state index contributed by atoms with van der Waals surface area (Å²) in [6.07, 6.45) is 3.62. The largest absolute Gasteiger partial charge is 0.396 e. The molecule has 0 radical (unpaired) electrons. The zero-order valence-corrected chi connectivity index (χ0v) is 18.0. The summed E-state index contributed by atoms with van der Waals surface area (Å²) < 4.78 is 25.0. The number of nitrogens with one attached hydrogen (secondary N) is 2. The number of aliphatic imine (C=N–C) groups is 1. The topological polar surface area (TPSA) is 94.0 Å². The van der Waals surface area contributed by atoms with Gasteiger partial charge in [-0.25, -0.2) is 12.7 Å². The summed E-state index contributed by atoms with van der Waals surface area (Å²) in [7, 11) is -3.03. The fourth-order valence-electron chi connectivity index (χ4n) is 2.72. The van der Waals surface area contributed by atoms with Crippen molar-refractivity contribution >= 4 is 40.0 Å². The number of guanidine groups is 1. The van der Waals surface area contributed by atoms with Gasteiger partial charge in [0.1, 0.15) is 0 Å². The summed E-state index contributed by atoms with van der Waals surface area (Å²) in [6.45, 7) is 7.39. The molecule has 0 bridgehead atoms. The number of hydrogen-bond acceptors (Lipinski definition) is 4. The molecule has 1 fully saturated rings. The molecular formula is C15H33IN4O3S. The highest BCUT2D eigenvalue weighted by atomic mass is 127. The van der Waals surface area contributed by atoms with Gasteiger partial charge in [-0.15, -0.1) is 24.0 Å². The van der Waals surface area contributed by atoms with Crippen LogP contribution in [-0.2, 0) is 10.0 Å². The van der Waals surface area contributed by atoms with Gasteiger partial charge in [0.25, 0.3) is 0 Å². The Hall–Kier alpha value is -0.130. The molecule has 1 heterocycles. The summed E-state index contributed by atoms with van der Waals surface area (Å²) >= 11 is 0. The lowest BCUT2D eigenvalue weighted by Crippen LogP contribution is -2.42. The lowest BCUT2D eigenvalue weighted by Gasteiger charge is -2.17. The van der Waals surface area contributed by atoms with Crippen molar-refractivity contribution in [2.75, 3.05) is 45.1 Å². The molecule has 144 valence electrons. The van der Waals surface area contributed by atoms with Crippen LogP contribution in [0.5, 0.6) is 0 Å². The van der Waals surface area contributed by atoms with E-state index in [1.165, 1.54) is 4.31 Å². The average Bonchev–Trinajstić information content (AvgIpc) is 2.84. The first-order valence-corrected chi connectivity index (χ1v) is 10.2. The standard InChI is InChI=1S/C15H32N4O3S.HI/c1-3-6-14(7-11-20)13-18-15(16-4-2)17-8-10-19-9-5-12-23(19,21)22;/h14,20H,3-13H2,1-2H3,(H2,16,17,18);1H. The van der Waals surface area contributed by atoms with Crippen molar-refractivity contribution in [1.82, 2.24) is 14.9 Å². The van der Waals surface area contributed by atoms with E-state index in [0.29, 0.717) is 38.1 Å². The van der Waals surface area contributed by atoms with E-state index in [9.17, 15) is 8.42 Å². The predicted octanol–water partition coefficient (Wildman–Crippen LogP) is 0.994. The van der Waals surface area contributed by atoms with Crippen LogP contribution in [0.25, 0.3) is 0 Å². The van der Waals surface area contributed by atoms with Gasteiger partial charge in [-0.05, 0) is 32.1 Å². The van der Waals surface area contributed by atoms with E-state index < -0.39 is 10.0 Å². The quantitative estimate of drug-likeness (QED) is 0.249. The zero-order valence-electron chi connectivity index (χ0n) is 14.8. The molecule has 0 aromatic carbocycles. The Morgan fingerprint density at radius 3 is 2.58 bits per heavy atom. The van der Waals surface area contributed by atoms with E-state index >= 15 is 0 Å². The van der Waals surface area contributed by atoms with Gasteiger partial charge in [-0.1, -0.05) is 13.3 Å². The Labute approximate surface area is 163 Å². The summed E-state index contributed by atoms with van der Waals surface area (Å²) in [5.41, 5.74) is 0. The lowest BCUT2D eigenvalue weighted by atomic mass is 10.0. The van der Waals surface area contributed by atoms with Crippen molar-refractivity contribution in [2.45, 2.75) is 39.5 Å². The third-order valence-electron chi connectivity index (χ3n) is 3.94. The van der Waals surface area contributed by atoms with E-state index in [4.69, 9.17) is 5.11 Å². The summed E-state index contributed by atoms with van der Waals surface area (Å²) in [4.78, 5) is 4.57. The van der Waals surface area contributed by atoms with Gasteiger partial charge in [0.15, 0.2) is 5.96 Å². The number of sulfonamides is 1. The Morgan fingerprint density at radius 2 is 2.04 bits per heavy atom. The molecule has 3 N–H and O–H groups in total. The Balaban J connectivity index is 0.00000529. The van der Waals surface area contributed by atoms with Crippen LogP contribution in [0.15, 0.2) is 4.99 Å². The van der Waals surface area contributed by atoms with Crippen molar-refractivity contribution in [1.29, 1.82) is 0 Å². The van der Waals surface area contributed by atoms with Crippen LogP contribution in [0.2, 0.25) is 0 Å². The molecule has 1 saturated heterocycles. The number of nitrogens with zero attached hydrogens (tertiary/aromatic N) is 2. The second-order valence-corrected chi connectivity index (χ2v) is 7.97. The highest BCUT2D eigenvalue weighted by Gasteiger charge is 2.27. The second-order valence-electron chi connectivity index (χ2n) is 5.88. The van der Waals surface area contributed by atoms with E-state index in [0.717, 1.165) is 32.2 Å². The first kappa shape index (κ1) is 23.9. The van der Waals surface area contributed by atoms with Crippen molar-refractivity contribution in [3.8, 4) is 0 Å². The highest BCUT2D eigenvalue weighted by Crippen LogP contribution is 2.12. The predicted molar refractivity (Wildman–Crippen MR) is 109 cm³/mol. The van der Waals surface area contributed by atoms with Crippen molar-refractivity contribution in [2.24, 2.45) is 10.9 Å². The van der Waals surface area contributed by atoms with Gasteiger partial charge in [0, 0.05) is 39.3 Å². The fourth-order valence-corrected chi connectivity index (χ4v) is 4.25. The van der Waals surface area contributed by atoms with Gasteiger partial charge in [0.2, 0.25) is 10.0 Å². The molecule has 24 heavy (non-hydrogen) atoms. The van der Waals surface area contributed by atoms with Crippen LogP contribution >= 0.6 is 24.0 Å². The minimum atomic E-state index is -3.03. The van der Waals surface area contributed by atoms with Crippen molar-refractivity contribution < 1.29 is 13.5 Å². The Kier molecular flexibility index (Phi) is 13.1. The SMILES string of the molecule is CCCC(CCO)CN=C(NCC)NCCN1CCCS1(=O)=O.I.